The quantitative estimate of drug-likeness (QED) is 0.825. The first kappa shape index (κ1) is 18.2. The number of aromatic carboxylic acids is 1. The fourth-order valence-corrected chi connectivity index (χ4v) is 4.50. The highest BCUT2D eigenvalue weighted by Crippen LogP contribution is 2.26. The predicted molar refractivity (Wildman–Crippen MR) is 92.8 cm³/mol. The van der Waals surface area contributed by atoms with Gasteiger partial charge in [-0.1, -0.05) is 6.07 Å². The van der Waals surface area contributed by atoms with Crippen LogP contribution >= 0.6 is 0 Å². The molecule has 0 radical (unpaired) electrons. The molecule has 0 saturated carbocycles. The Morgan fingerprint density at radius 3 is 2.54 bits per heavy atom. The van der Waals surface area contributed by atoms with Crippen LogP contribution in [0.1, 0.15) is 39.5 Å². The van der Waals surface area contributed by atoms with E-state index in [0.717, 1.165) is 12.8 Å². The van der Waals surface area contributed by atoms with Crippen LogP contribution in [0.2, 0.25) is 0 Å². The monoisotopic (exact) mass is 378 g/mol. The molecule has 0 spiro atoms. The first-order valence-corrected chi connectivity index (χ1v) is 9.48. The lowest BCUT2D eigenvalue weighted by Crippen LogP contribution is -2.28. The first-order chi connectivity index (χ1) is 12.3. The molecule has 1 aliphatic rings. The lowest BCUT2D eigenvalue weighted by Gasteiger charge is -2.14. The van der Waals surface area contributed by atoms with E-state index in [2.05, 4.69) is 5.32 Å². The number of carbonyl (C=O) groups excluding carboxylic acids is 1. The molecule has 2 aromatic rings. The zero-order valence-electron chi connectivity index (χ0n) is 14.1. The second kappa shape index (κ2) is 6.93. The summed E-state index contributed by atoms with van der Waals surface area (Å²) in [5, 5.41) is 11.5. The van der Waals surface area contributed by atoms with E-state index >= 15 is 0 Å². The van der Waals surface area contributed by atoms with E-state index in [1.54, 1.807) is 0 Å². The van der Waals surface area contributed by atoms with Gasteiger partial charge in [-0.2, -0.15) is 4.31 Å². The predicted octanol–water partition coefficient (Wildman–Crippen LogP) is 2.32. The highest BCUT2D eigenvalue weighted by molar-refractivity contribution is 7.89. The number of carbonyl (C=O) groups is 2. The van der Waals surface area contributed by atoms with Gasteiger partial charge in [-0.3, -0.25) is 4.79 Å². The highest BCUT2D eigenvalue weighted by Gasteiger charge is 2.31. The molecule has 1 aromatic carbocycles. The Morgan fingerprint density at radius 1 is 1.19 bits per heavy atom. The number of nitrogens with one attached hydrogen (secondary N) is 1. The van der Waals surface area contributed by atoms with Gasteiger partial charge in [0.25, 0.3) is 5.91 Å². The molecule has 26 heavy (non-hydrogen) atoms. The summed E-state index contributed by atoms with van der Waals surface area (Å²) in [6.45, 7) is 2.40. The van der Waals surface area contributed by atoms with Crippen LogP contribution in [-0.4, -0.2) is 42.8 Å². The minimum absolute atomic E-state index is 0.0238. The molecule has 2 N–H and O–H groups in total. The second-order valence-electron chi connectivity index (χ2n) is 5.98. The van der Waals surface area contributed by atoms with Crippen LogP contribution in [0.25, 0.3) is 0 Å². The molecule has 1 aromatic heterocycles. The van der Waals surface area contributed by atoms with Gasteiger partial charge in [-0.15, -0.1) is 0 Å². The van der Waals surface area contributed by atoms with Crippen molar-refractivity contribution in [1.82, 2.24) is 4.31 Å². The van der Waals surface area contributed by atoms with Gasteiger partial charge < -0.3 is 14.8 Å². The van der Waals surface area contributed by atoms with Crippen molar-refractivity contribution in [3.63, 3.8) is 0 Å². The van der Waals surface area contributed by atoms with Crippen LogP contribution < -0.4 is 5.32 Å². The number of carboxylic acids is 1. The Hall–Kier alpha value is -2.65. The maximum atomic E-state index is 12.6. The molecule has 0 atom stereocenters. The van der Waals surface area contributed by atoms with E-state index < -0.39 is 21.9 Å². The molecule has 3 rings (SSSR count). The van der Waals surface area contributed by atoms with Gasteiger partial charge in [-0.25, -0.2) is 13.2 Å². The van der Waals surface area contributed by atoms with Crippen molar-refractivity contribution < 1.29 is 27.5 Å². The Balaban J connectivity index is 1.83. The number of amides is 1. The fraction of sp³-hybridized carbons (Fsp3) is 0.294. The van der Waals surface area contributed by atoms with Crippen molar-refractivity contribution in [1.29, 1.82) is 0 Å². The van der Waals surface area contributed by atoms with E-state index in [1.165, 1.54) is 41.6 Å². The van der Waals surface area contributed by atoms with Crippen molar-refractivity contribution in [2.45, 2.75) is 24.7 Å². The summed E-state index contributed by atoms with van der Waals surface area (Å²) < 4.78 is 32.0. The van der Waals surface area contributed by atoms with Gasteiger partial charge in [0.05, 0.1) is 5.56 Å². The van der Waals surface area contributed by atoms with Gasteiger partial charge in [0.1, 0.15) is 10.7 Å². The van der Waals surface area contributed by atoms with Crippen molar-refractivity contribution in [3.05, 3.63) is 47.4 Å². The van der Waals surface area contributed by atoms with Crippen LogP contribution in [0, 0.1) is 6.92 Å². The van der Waals surface area contributed by atoms with E-state index in [-0.39, 0.29) is 27.7 Å². The standard InChI is InChI=1S/C17H18N2O6S/c1-11-15(26(23,24)19-7-2-3-8-19)10-14(25-11)16(20)18-13-6-4-5-12(9-13)17(21)22/h4-6,9-10H,2-3,7-8H2,1H3,(H,18,20)(H,21,22). The first-order valence-electron chi connectivity index (χ1n) is 8.04. The summed E-state index contributed by atoms with van der Waals surface area (Å²) in [5.41, 5.74) is 0.295. The van der Waals surface area contributed by atoms with E-state index in [1.807, 2.05) is 0 Å². The largest absolute Gasteiger partial charge is 0.478 e. The van der Waals surface area contributed by atoms with Gasteiger partial charge in [0.2, 0.25) is 10.0 Å². The van der Waals surface area contributed by atoms with E-state index in [4.69, 9.17) is 9.52 Å². The Kier molecular flexibility index (Phi) is 4.84. The third kappa shape index (κ3) is 3.49. The molecule has 138 valence electrons. The molecular weight excluding hydrogens is 360 g/mol. The molecule has 0 unspecified atom stereocenters. The van der Waals surface area contributed by atoms with Gasteiger partial charge >= 0.3 is 5.97 Å². The number of hydrogen-bond donors (Lipinski definition) is 2. The molecule has 1 aliphatic heterocycles. The van der Waals surface area contributed by atoms with E-state index in [0.29, 0.717) is 13.1 Å². The summed E-state index contributed by atoms with van der Waals surface area (Å²) in [6, 6.07) is 6.94. The highest BCUT2D eigenvalue weighted by atomic mass is 32.2. The average Bonchev–Trinajstić information content (AvgIpc) is 3.25. The molecule has 9 heteroatoms. The summed E-state index contributed by atoms with van der Waals surface area (Å²) in [4.78, 5) is 23.3. The van der Waals surface area contributed by atoms with Crippen molar-refractivity contribution >= 4 is 27.6 Å². The molecule has 1 fully saturated rings. The lowest BCUT2D eigenvalue weighted by molar-refractivity contribution is 0.0696. The van der Waals surface area contributed by atoms with Crippen LogP contribution in [-0.2, 0) is 10.0 Å². The zero-order valence-corrected chi connectivity index (χ0v) is 14.9. The smallest absolute Gasteiger partial charge is 0.335 e. The molecule has 1 saturated heterocycles. The molecule has 0 aliphatic carbocycles. The maximum absolute atomic E-state index is 12.6. The summed E-state index contributed by atoms with van der Waals surface area (Å²) >= 11 is 0. The molecular formula is C17H18N2O6S. The molecule has 2 heterocycles. The lowest BCUT2D eigenvalue weighted by atomic mass is 10.2. The topological polar surface area (TPSA) is 117 Å². The van der Waals surface area contributed by atoms with Gasteiger partial charge in [0, 0.05) is 24.8 Å². The number of carboxylic acid groups (broad SMARTS) is 1. The number of anilines is 1. The van der Waals surface area contributed by atoms with Crippen LogP contribution in [0.3, 0.4) is 0 Å². The SMILES string of the molecule is Cc1oc(C(=O)Nc2cccc(C(=O)O)c2)cc1S(=O)(=O)N1CCCC1. The number of sulfonamides is 1. The van der Waals surface area contributed by atoms with Crippen molar-refractivity contribution in [2.24, 2.45) is 0 Å². The number of benzene rings is 1. The Labute approximate surface area is 150 Å². The van der Waals surface area contributed by atoms with Gasteiger partial charge in [0.15, 0.2) is 5.76 Å². The Bertz CT molecular complexity index is 957. The van der Waals surface area contributed by atoms with Gasteiger partial charge in [-0.05, 0) is 38.0 Å². The van der Waals surface area contributed by atoms with Crippen molar-refractivity contribution in [2.75, 3.05) is 18.4 Å². The fourth-order valence-electron chi connectivity index (χ4n) is 2.82. The molecule has 1 amide bonds. The minimum Gasteiger partial charge on any atom is -0.478 e. The second-order valence-corrected chi connectivity index (χ2v) is 7.89. The molecule has 8 nitrogen and oxygen atoms in total. The number of nitrogens with zero attached hydrogens (tertiary/aromatic N) is 1. The number of furan rings is 1. The molecule has 0 bridgehead atoms. The normalized spacial score (nSPS) is 15.1. The summed E-state index contributed by atoms with van der Waals surface area (Å²) in [5.74, 6) is -1.78. The third-order valence-corrected chi connectivity index (χ3v) is 6.15. The Morgan fingerprint density at radius 2 is 1.88 bits per heavy atom. The maximum Gasteiger partial charge on any atom is 0.335 e. The van der Waals surface area contributed by atoms with Crippen molar-refractivity contribution in [3.8, 4) is 0 Å². The minimum atomic E-state index is -3.69. The summed E-state index contributed by atoms with van der Waals surface area (Å²) in [7, 11) is -3.69. The number of aryl methyl sites for hydroxylation is 1. The number of hydrogen-bond acceptors (Lipinski definition) is 5. The van der Waals surface area contributed by atoms with Crippen LogP contribution in [0.4, 0.5) is 5.69 Å². The third-order valence-electron chi connectivity index (χ3n) is 4.15. The number of rotatable bonds is 5. The zero-order chi connectivity index (χ0) is 18.9. The average molecular weight is 378 g/mol. The summed E-state index contributed by atoms with van der Waals surface area (Å²) in [6.07, 6.45) is 1.62. The van der Waals surface area contributed by atoms with E-state index in [9.17, 15) is 18.0 Å². The van der Waals surface area contributed by atoms with Crippen LogP contribution in [0.5, 0.6) is 0 Å². The van der Waals surface area contributed by atoms with Crippen LogP contribution in [0.15, 0.2) is 39.6 Å².